The number of likely N-dealkylation sites (tertiary alicyclic amines) is 1. The number of rotatable bonds is 5. The molecule has 0 aliphatic carbocycles. The van der Waals surface area contributed by atoms with E-state index in [1.165, 1.54) is 0 Å². The molecule has 2 amide bonds. The number of piperidine rings is 1. The summed E-state index contributed by atoms with van der Waals surface area (Å²) in [5.74, 6) is 0.0932. The normalized spacial score (nSPS) is 15.9. The lowest BCUT2D eigenvalue weighted by atomic mass is 9.98. The van der Waals surface area contributed by atoms with Crippen molar-refractivity contribution in [1.82, 2.24) is 29.8 Å². The highest BCUT2D eigenvalue weighted by atomic mass is 35.5. The molecule has 5 heterocycles. The predicted molar refractivity (Wildman–Crippen MR) is 128 cm³/mol. The lowest BCUT2D eigenvalue weighted by Crippen LogP contribution is -2.44. The molecule has 11 heteroatoms. The number of carbonyl (C=O) groups is 1. The molecule has 1 aliphatic rings. The van der Waals surface area contributed by atoms with Crippen LogP contribution in [-0.2, 0) is 0 Å². The molecule has 0 unspecified atom stereocenters. The van der Waals surface area contributed by atoms with Crippen LogP contribution >= 0.6 is 11.6 Å². The van der Waals surface area contributed by atoms with Crippen molar-refractivity contribution in [3.63, 3.8) is 0 Å². The summed E-state index contributed by atoms with van der Waals surface area (Å²) < 4.78 is 14.5. The molecule has 1 atom stereocenters. The van der Waals surface area contributed by atoms with E-state index in [1.807, 2.05) is 0 Å². The number of nitrogens with one attached hydrogen (secondary N) is 3. The molecule has 0 aromatic carbocycles. The number of aromatic nitrogens is 5. The maximum absolute atomic E-state index is 14.5. The number of anilines is 2. The maximum Gasteiger partial charge on any atom is 0.321 e. The van der Waals surface area contributed by atoms with Gasteiger partial charge in [-0.05, 0) is 37.0 Å². The second-order valence-corrected chi connectivity index (χ2v) is 8.59. The SMILES string of the molecule is O=C(Nc1cccnc1)N1CCC[C@@H](CNc2nc(-c3c[nH]c4ncc(Cl)cc34)ncc2F)C1. The van der Waals surface area contributed by atoms with Crippen LogP contribution in [0.25, 0.3) is 22.4 Å². The zero-order valence-electron chi connectivity index (χ0n) is 18.1. The number of urea groups is 1. The van der Waals surface area contributed by atoms with E-state index in [9.17, 15) is 9.18 Å². The number of halogens is 2. The summed E-state index contributed by atoms with van der Waals surface area (Å²) in [6.07, 6.45) is 9.48. The number of pyridine rings is 2. The van der Waals surface area contributed by atoms with Gasteiger partial charge in [0.15, 0.2) is 17.5 Å². The standard InChI is InChI=1S/C23H22ClFN8O/c24-15-7-17-18(11-29-20(17)28-9-15)21-30-12-19(25)22(32-21)27-8-14-3-2-6-33(13-14)23(34)31-16-4-1-5-26-10-16/h1,4-5,7,9-12,14H,2-3,6,8,13H2,(H,28,29)(H,31,34)(H,27,30,32)/t14-/m0/s1. The molecule has 0 spiro atoms. The van der Waals surface area contributed by atoms with Crippen molar-refractivity contribution >= 4 is 40.2 Å². The van der Waals surface area contributed by atoms with Crippen LogP contribution in [0.15, 0.2) is 49.2 Å². The number of amides is 2. The fourth-order valence-electron chi connectivity index (χ4n) is 4.08. The third-order valence-electron chi connectivity index (χ3n) is 5.76. The number of H-pyrrole nitrogens is 1. The van der Waals surface area contributed by atoms with Crippen LogP contribution in [0.4, 0.5) is 20.7 Å². The Bertz CT molecular complexity index is 1320. The first-order valence-corrected chi connectivity index (χ1v) is 11.3. The third-order valence-corrected chi connectivity index (χ3v) is 5.97. The highest BCUT2D eigenvalue weighted by molar-refractivity contribution is 6.31. The molecule has 1 saturated heterocycles. The Morgan fingerprint density at radius 1 is 1.29 bits per heavy atom. The van der Waals surface area contributed by atoms with Gasteiger partial charge in [0.1, 0.15) is 5.65 Å². The fraction of sp³-hybridized carbons (Fsp3) is 0.261. The molecular weight excluding hydrogens is 459 g/mol. The molecule has 5 rings (SSSR count). The molecular formula is C23H22ClFN8O. The Kier molecular flexibility index (Phi) is 6.22. The zero-order valence-corrected chi connectivity index (χ0v) is 18.9. The Balaban J connectivity index is 1.26. The molecule has 9 nitrogen and oxygen atoms in total. The van der Waals surface area contributed by atoms with Crippen molar-refractivity contribution in [1.29, 1.82) is 0 Å². The van der Waals surface area contributed by atoms with Gasteiger partial charge in [0.25, 0.3) is 0 Å². The first-order valence-electron chi connectivity index (χ1n) is 10.9. The number of hydrogen-bond donors (Lipinski definition) is 3. The van der Waals surface area contributed by atoms with Gasteiger partial charge < -0.3 is 20.5 Å². The monoisotopic (exact) mass is 480 g/mol. The topological polar surface area (TPSA) is 112 Å². The summed E-state index contributed by atoms with van der Waals surface area (Å²) in [6.45, 7) is 1.71. The van der Waals surface area contributed by atoms with Crippen molar-refractivity contribution in [2.24, 2.45) is 5.92 Å². The van der Waals surface area contributed by atoms with Gasteiger partial charge in [0.2, 0.25) is 0 Å². The van der Waals surface area contributed by atoms with Crippen LogP contribution in [0.1, 0.15) is 12.8 Å². The van der Waals surface area contributed by atoms with E-state index in [4.69, 9.17) is 11.6 Å². The van der Waals surface area contributed by atoms with Crippen LogP contribution < -0.4 is 10.6 Å². The van der Waals surface area contributed by atoms with Crippen LogP contribution in [0.3, 0.4) is 0 Å². The van der Waals surface area contributed by atoms with E-state index < -0.39 is 5.82 Å². The average Bonchev–Trinajstić information content (AvgIpc) is 3.27. The van der Waals surface area contributed by atoms with Gasteiger partial charge in [-0.2, -0.15) is 0 Å². The average molecular weight is 481 g/mol. The Labute approximate surface area is 199 Å². The van der Waals surface area contributed by atoms with Gasteiger partial charge >= 0.3 is 6.03 Å². The van der Waals surface area contributed by atoms with Crippen molar-refractivity contribution < 1.29 is 9.18 Å². The molecule has 1 fully saturated rings. The maximum atomic E-state index is 14.5. The van der Waals surface area contributed by atoms with Crippen molar-refractivity contribution in [3.05, 3.63) is 60.0 Å². The summed E-state index contributed by atoms with van der Waals surface area (Å²) in [5, 5.41) is 7.22. The van der Waals surface area contributed by atoms with Crippen LogP contribution in [0, 0.1) is 11.7 Å². The van der Waals surface area contributed by atoms with Gasteiger partial charge in [0.05, 0.1) is 23.1 Å². The minimum absolute atomic E-state index is 0.117. The molecule has 174 valence electrons. The quantitative estimate of drug-likeness (QED) is 0.386. The molecule has 4 aromatic heterocycles. The highest BCUT2D eigenvalue weighted by Crippen LogP contribution is 2.28. The first kappa shape index (κ1) is 22.0. The van der Waals surface area contributed by atoms with Gasteiger partial charge in [-0.15, -0.1) is 0 Å². The largest absolute Gasteiger partial charge is 0.367 e. The second-order valence-electron chi connectivity index (χ2n) is 8.15. The Hall–Kier alpha value is -3.79. The van der Waals surface area contributed by atoms with E-state index in [-0.39, 0.29) is 17.8 Å². The molecule has 3 N–H and O–H groups in total. The highest BCUT2D eigenvalue weighted by Gasteiger charge is 2.24. The number of nitrogens with zero attached hydrogens (tertiary/aromatic N) is 5. The van der Waals surface area contributed by atoms with Gasteiger partial charge in [-0.1, -0.05) is 11.6 Å². The molecule has 0 bridgehead atoms. The molecule has 34 heavy (non-hydrogen) atoms. The minimum atomic E-state index is -0.540. The minimum Gasteiger partial charge on any atom is -0.367 e. The smallest absolute Gasteiger partial charge is 0.321 e. The predicted octanol–water partition coefficient (Wildman–Crippen LogP) is 4.56. The Morgan fingerprint density at radius 3 is 3.06 bits per heavy atom. The third kappa shape index (κ3) is 4.76. The van der Waals surface area contributed by atoms with E-state index in [1.54, 1.807) is 47.9 Å². The van der Waals surface area contributed by atoms with Crippen LogP contribution in [0.2, 0.25) is 5.02 Å². The fourth-order valence-corrected chi connectivity index (χ4v) is 4.24. The van der Waals surface area contributed by atoms with Gasteiger partial charge in [-0.25, -0.2) is 24.1 Å². The van der Waals surface area contributed by atoms with Crippen LogP contribution in [-0.4, -0.2) is 55.5 Å². The number of fused-ring (bicyclic) bond motifs is 1. The number of carbonyl (C=O) groups excluding carboxylic acids is 1. The summed E-state index contributed by atoms with van der Waals surface area (Å²) in [6, 6.07) is 5.16. The lowest BCUT2D eigenvalue weighted by molar-refractivity contribution is 0.180. The molecule has 1 aliphatic heterocycles. The zero-order chi connectivity index (χ0) is 23.5. The van der Waals surface area contributed by atoms with Gasteiger partial charge in [-0.3, -0.25) is 4.98 Å². The summed E-state index contributed by atoms with van der Waals surface area (Å²) >= 11 is 6.08. The second kappa shape index (κ2) is 9.60. The Morgan fingerprint density at radius 2 is 2.21 bits per heavy atom. The van der Waals surface area contributed by atoms with E-state index >= 15 is 0 Å². The van der Waals surface area contributed by atoms with Crippen molar-refractivity contribution in [2.45, 2.75) is 12.8 Å². The summed E-state index contributed by atoms with van der Waals surface area (Å²) in [7, 11) is 0. The van der Waals surface area contributed by atoms with E-state index in [0.29, 0.717) is 47.4 Å². The van der Waals surface area contributed by atoms with Crippen LogP contribution in [0.5, 0.6) is 0 Å². The molecule has 0 saturated carbocycles. The van der Waals surface area contributed by atoms with Crippen molar-refractivity contribution in [3.8, 4) is 11.4 Å². The van der Waals surface area contributed by atoms with Crippen molar-refractivity contribution in [2.75, 3.05) is 30.3 Å². The number of hydrogen-bond acceptors (Lipinski definition) is 6. The van der Waals surface area contributed by atoms with E-state index in [2.05, 4.69) is 35.6 Å². The molecule has 0 radical (unpaired) electrons. The summed E-state index contributed by atoms with van der Waals surface area (Å²) in [4.78, 5) is 34.2. The number of aromatic amines is 1. The summed E-state index contributed by atoms with van der Waals surface area (Å²) in [5.41, 5.74) is 1.98. The van der Waals surface area contributed by atoms with E-state index in [0.717, 1.165) is 24.4 Å². The lowest BCUT2D eigenvalue weighted by Gasteiger charge is -2.33. The molecule has 4 aromatic rings. The van der Waals surface area contributed by atoms with Gasteiger partial charge in [0, 0.05) is 49.2 Å². The first-order chi connectivity index (χ1) is 16.6.